The van der Waals surface area contributed by atoms with Gasteiger partial charge in [-0.25, -0.2) is 9.69 Å². The summed E-state index contributed by atoms with van der Waals surface area (Å²) in [6, 6.07) is 7.36. The van der Waals surface area contributed by atoms with Crippen molar-refractivity contribution < 1.29 is 26.3 Å². The van der Waals surface area contributed by atoms with Gasteiger partial charge in [-0.15, -0.1) is 5.10 Å². The predicted molar refractivity (Wildman–Crippen MR) is 130 cm³/mol. The van der Waals surface area contributed by atoms with Crippen LogP contribution in [0.2, 0.25) is 15.1 Å². The molecule has 0 saturated heterocycles. The fraction of sp³-hybridized carbons (Fsp3) is 0.182. The van der Waals surface area contributed by atoms with Gasteiger partial charge in [-0.05, 0) is 30.3 Å². The molecule has 2 aromatic carbocycles. The summed E-state index contributed by atoms with van der Waals surface area (Å²) in [5.74, 6) is -3.62. The number of nitrogens with one attached hydrogen (secondary N) is 1. The van der Waals surface area contributed by atoms with Crippen molar-refractivity contribution in [1.82, 2.24) is 9.78 Å². The molecule has 0 bridgehead atoms. The van der Waals surface area contributed by atoms with Crippen molar-refractivity contribution in [2.45, 2.75) is 18.1 Å². The topological polar surface area (TPSA) is 119 Å². The van der Waals surface area contributed by atoms with Gasteiger partial charge in [0.25, 0.3) is 0 Å². The maximum Gasteiger partial charge on any atom is 0.416 e. The van der Waals surface area contributed by atoms with E-state index in [9.17, 15) is 36.9 Å². The van der Waals surface area contributed by atoms with Gasteiger partial charge in [0.15, 0.2) is 5.82 Å². The molecule has 39 heavy (non-hydrogen) atoms. The number of anilines is 2. The Morgan fingerprint density at radius 2 is 1.54 bits per heavy atom. The van der Waals surface area contributed by atoms with Crippen LogP contribution in [0.1, 0.15) is 16.7 Å². The molecule has 3 N–H and O–H groups in total. The van der Waals surface area contributed by atoms with Gasteiger partial charge in [-0.3, -0.25) is 5.73 Å². The van der Waals surface area contributed by atoms with Gasteiger partial charge in [0.2, 0.25) is 5.79 Å². The molecule has 202 valence electrons. The van der Waals surface area contributed by atoms with Crippen LogP contribution in [0.5, 0.6) is 0 Å². The van der Waals surface area contributed by atoms with Gasteiger partial charge in [-0.1, -0.05) is 34.8 Å². The van der Waals surface area contributed by atoms with Crippen LogP contribution in [-0.4, -0.2) is 21.8 Å². The molecule has 2 atom stereocenters. The number of halogens is 9. The SMILES string of the molecule is N#Cc1cn(-c2ccc(C(F)(F)F)cc2Cl)nc1NC1(N)C(C#N)C=NN1c1c(Cl)cc(C(F)(F)F)cc1Cl. The molecule has 1 aliphatic heterocycles. The van der Waals surface area contributed by atoms with Crippen molar-refractivity contribution in [1.29, 1.82) is 10.5 Å². The first kappa shape index (κ1) is 28.3. The quantitative estimate of drug-likeness (QED) is 0.261. The van der Waals surface area contributed by atoms with Gasteiger partial charge in [-0.2, -0.15) is 42.0 Å². The van der Waals surface area contributed by atoms with Crippen LogP contribution in [0.15, 0.2) is 41.6 Å². The molecule has 8 nitrogen and oxygen atoms in total. The Morgan fingerprint density at radius 3 is 2.05 bits per heavy atom. The number of alkyl halides is 6. The van der Waals surface area contributed by atoms with Gasteiger partial charge < -0.3 is 5.32 Å². The number of benzene rings is 2. The van der Waals surface area contributed by atoms with Crippen LogP contribution in [0.3, 0.4) is 0 Å². The lowest BCUT2D eigenvalue weighted by atomic mass is 10.0. The third-order valence-electron chi connectivity index (χ3n) is 5.53. The molecule has 2 unspecified atom stereocenters. The second-order valence-corrected chi connectivity index (χ2v) is 9.25. The van der Waals surface area contributed by atoms with Gasteiger partial charge in [0.1, 0.15) is 23.2 Å². The van der Waals surface area contributed by atoms with Gasteiger partial charge in [0.05, 0.1) is 44.1 Å². The first-order valence-electron chi connectivity index (χ1n) is 10.3. The first-order valence-corrected chi connectivity index (χ1v) is 11.5. The predicted octanol–water partition coefficient (Wildman–Crippen LogP) is 6.41. The van der Waals surface area contributed by atoms with Crippen molar-refractivity contribution in [2.75, 3.05) is 10.3 Å². The maximum atomic E-state index is 13.2. The number of hydrogen-bond acceptors (Lipinski definition) is 7. The lowest BCUT2D eigenvalue weighted by molar-refractivity contribution is -0.138. The molecule has 2 heterocycles. The molecule has 0 radical (unpaired) electrons. The highest BCUT2D eigenvalue weighted by Gasteiger charge is 2.48. The summed E-state index contributed by atoms with van der Waals surface area (Å²) in [5.41, 5.74) is 3.84. The Labute approximate surface area is 230 Å². The van der Waals surface area contributed by atoms with Crippen LogP contribution in [-0.2, 0) is 12.4 Å². The van der Waals surface area contributed by atoms with E-state index in [-0.39, 0.29) is 27.8 Å². The Morgan fingerprint density at radius 1 is 0.949 bits per heavy atom. The Bertz CT molecular complexity index is 1550. The minimum atomic E-state index is -4.76. The fourth-order valence-electron chi connectivity index (χ4n) is 3.64. The average molecular weight is 608 g/mol. The number of aromatic nitrogens is 2. The molecular weight excluding hydrogens is 597 g/mol. The van der Waals surface area contributed by atoms with Crippen molar-refractivity contribution in [3.63, 3.8) is 0 Å². The Kier molecular flexibility index (Phi) is 7.12. The molecular formula is C22H11Cl3F6N8. The first-order chi connectivity index (χ1) is 18.1. The zero-order chi connectivity index (χ0) is 28.9. The van der Waals surface area contributed by atoms with Crippen molar-refractivity contribution in [3.05, 3.63) is 68.3 Å². The summed E-state index contributed by atoms with van der Waals surface area (Å²) in [5, 5.41) is 29.6. The molecule has 0 amide bonds. The molecule has 1 aromatic heterocycles. The summed E-state index contributed by atoms with van der Waals surface area (Å²) in [6.45, 7) is 0. The summed E-state index contributed by atoms with van der Waals surface area (Å²) in [4.78, 5) is 0. The molecule has 0 saturated carbocycles. The van der Waals surface area contributed by atoms with Crippen molar-refractivity contribution in [3.8, 4) is 17.8 Å². The number of hydrogen-bond donors (Lipinski definition) is 2. The fourth-order valence-corrected chi connectivity index (χ4v) is 4.56. The number of rotatable bonds is 4. The number of nitrogens with zero attached hydrogens (tertiary/aromatic N) is 6. The normalized spacial score (nSPS) is 19.2. The van der Waals surface area contributed by atoms with E-state index in [1.165, 1.54) is 0 Å². The van der Waals surface area contributed by atoms with E-state index in [1.54, 1.807) is 0 Å². The van der Waals surface area contributed by atoms with E-state index in [1.807, 2.05) is 12.1 Å². The van der Waals surface area contributed by atoms with E-state index >= 15 is 0 Å². The summed E-state index contributed by atoms with van der Waals surface area (Å²) >= 11 is 18.3. The van der Waals surface area contributed by atoms with Gasteiger partial charge in [0, 0.05) is 6.21 Å². The van der Waals surface area contributed by atoms with Gasteiger partial charge >= 0.3 is 12.4 Å². The standard InChI is InChI=1S/C22H11Cl3F6N8/c23-14-3-11(20(26,27)28)1-2-17(14)38-9-10(6-32)19(37-38)36-22(34)13(7-33)8-35-39(22)18-15(24)4-12(5-16(18)25)21(29,30)31/h1-5,8-9,13H,34H2,(H,36,37). The minimum Gasteiger partial charge on any atom is -0.330 e. The lowest BCUT2D eigenvalue weighted by Crippen LogP contribution is -2.62. The van der Waals surface area contributed by atoms with E-state index < -0.39 is 45.2 Å². The molecule has 17 heteroatoms. The summed E-state index contributed by atoms with van der Waals surface area (Å²) in [7, 11) is 0. The molecule has 4 rings (SSSR count). The second-order valence-electron chi connectivity index (χ2n) is 8.03. The highest BCUT2D eigenvalue weighted by atomic mass is 35.5. The van der Waals surface area contributed by atoms with Crippen molar-refractivity contribution >= 4 is 52.5 Å². The van der Waals surface area contributed by atoms with E-state index in [0.29, 0.717) is 18.2 Å². The number of nitriles is 2. The highest BCUT2D eigenvalue weighted by molar-refractivity contribution is 6.39. The minimum absolute atomic E-state index is 0.0227. The Hall–Kier alpha value is -3.69. The van der Waals surface area contributed by atoms with E-state index in [4.69, 9.17) is 40.5 Å². The third kappa shape index (κ3) is 5.16. The largest absolute Gasteiger partial charge is 0.416 e. The third-order valence-corrected chi connectivity index (χ3v) is 6.41. The monoisotopic (exact) mass is 606 g/mol. The van der Waals surface area contributed by atoms with E-state index in [2.05, 4.69) is 15.5 Å². The van der Waals surface area contributed by atoms with Crippen LogP contribution in [0, 0.1) is 28.6 Å². The van der Waals surface area contributed by atoms with Crippen molar-refractivity contribution in [2.24, 2.45) is 16.8 Å². The zero-order valence-corrected chi connectivity index (χ0v) is 21.0. The molecule has 0 spiro atoms. The summed E-state index contributed by atoms with van der Waals surface area (Å²) in [6.07, 6.45) is -7.20. The zero-order valence-electron chi connectivity index (χ0n) is 18.8. The van der Waals surface area contributed by atoms with Crippen LogP contribution >= 0.6 is 34.8 Å². The summed E-state index contributed by atoms with van der Waals surface area (Å²) < 4.78 is 79.6. The lowest BCUT2D eigenvalue weighted by Gasteiger charge is -2.37. The second kappa shape index (κ2) is 9.81. The van der Waals surface area contributed by atoms with Crippen LogP contribution < -0.4 is 16.1 Å². The number of hydrazone groups is 1. The maximum absolute atomic E-state index is 13.2. The molecule has 3 aromatic rings. The highest BCUT2D eigenvalue weighted by Crippen LogP contribution is 2.44. The van der Waals surface area contributed by atoms with E-state index in [0.717, 1.165) is 34.2 Å². The van der Waals surface area contributed by atoms with Crippen LogP contribution in [0.4, 0.5) is 37.8 Å². The Balaban J connectivity index is 1.77. The molecule has 0 aliphatic carbocycles. The average Bonchev–Trinajstić information content (AvgIpc) is 3.37. The van der Waals surface area contributed by atoms with Crippen LogP contribution in [0.25, 0.3) is 5.69 Å². The molecule has 1 aliphatic rings. The number of nitrogens with two attached hydrogens (primary N) is 1. The smallest absolute Gasteiger partial charge is 0.330 e. The molecule has 0 fully saturated rings.